The van der Waals surface area contributed by atoms with Gasteiger partial charge in [-0.2, -0.15) is 5.06 Å². The minimum absolute atomic E-state index is 0.0171. The molecule has 4 aliphatic rings. The second-order valence-corrected chi connectivity index (χ2v) is 12.5. The summed E-state index contributed by atoms with van der Waals surface area (Å²) in [5, 5.41) is 13.9. The molecule has 7 rings (SSSR count). The predicted molar refractivity (Wildman–Crippen MR) is 169 cm³/mol. The molecule has 4 fully saturated rings. The number of hydrogen-bond donors (Lipinski definition) is 2. The number of carbonyl (C=O) groups is 3. The Hall–Kier alpha value is -4.39. The maximum atomic E-state index is 14.2. The van der Waals surface area contributed by atoms with Crippen molar-refractivity contribution in [3.8, 4) is 0 Å². The molecule has 6 unspecified atom stereocenters. The molecule has 2 amide bonds. The van der Waals surface area contributed by atoms with E-state index >= 15 is 0 Å². The summed E-state index contributed by atoms with van der Waals surface area (Å²) in [5.74, 6) is -2.49. The third-order valence-electron chi connectivity index (χ3n) is 9.43. The van der Waals surface area contributed by atoms with Crippen molar-refractivity contribution in [3.05, 3.63) is 113 Å². The minimum Gasteiger partial charge on any atom is -0.458 e. The summed E-state index contributed by atoms with van der Waals surface area (Å²) in [6, 6.07) is 25.6. The fraction of sp³-hybridized carbons (Fsp3) is 0.361. The molecular formula is C36H37N3O8. The van der Waals surface area contributed by atoms with Crippen LogP contribution in [0.25, 0.3) is 6.08 Å². The summed E-state index contributed by atoms with van der Waals surface area (Å²) in [6.07, 6.45) is 0.161. The number of benzene rings is 3. The number of aliphatic hydroxyl groups excluding tert-OH is 1. The molecule has 1 saturated carbocycles. The summed E-state index contributed by atoms with van der Waals surface area (Å²) in [7, 11) is 3.36. The van der Waals surface area contributed by atoms with Gasteiger partial charge < -0.3 is 29.5 Å². The van der Waals surface area contributed by atoms with Crippen LogP contribution in [-0.4, -0.2) is 90.6 Å². The highest BCUT2D eigenvalue weighted by molar-refractivity contribution is 5.94. The molecule has 0 aromatic heterocycles. The van der Waals surface area contributed by atoms with Gasteiger partial charge in [-0.25, -0.2) is 0 Å². The Balaban J connectivity index is 1.27. The lowest BCUT2D eigenvalue weighted by molar-refractivity contribution is -0.213. The Morgan fingerprint density at radius 3 is 2.32 bits per heavy atom. The van der Waals surface area contributed by atoms with Crippen molar-refractivity contribution >= 4 is 23.9 Å². The van der Waals surface area contributed by atoms with Crippen LogP contribution in [0.5, 0.6) is 0 Å². The Bertz CT molecular complexity index is 1640. The fourth-order valence-electron chi connectivity index (χ4n) is 7.31. The number of nitrogens with one attached hydrogen (secondary N) is 1. The first-order valence-electron chi connectivity index (χ1n) is 15.7. The van der Waals surface area contributed by atoms with Crippen molar-refractivity contribution in [1.29, 1.82) is 0 Å². The zero-order chi connectivity index (χ0) is 32.8. The minimum atomic E-state index is -1.38. The maximum Gasteiger partial charge on any atom is 0.327 e. The molecule has 244 valence electrons. The monoisotopic (exact) mass is 639 g/mol. The third-order valence-corrected chi connectivity index (χ3v) is 9.43. The number of aliphatic hydroxyl groups is 1. The van der Waals surface area contributed by atoms with Crippen molar-refractivity contribution in [1.82, 2.24) is 15.3 Å². The largest absolute Gasteiger partial charge is 0.458 e. The van der Waals surface area contributed by atoms with Gasteiger partial charge in [0.2, 0.25) is 17.6 Å². The van der Waals surface area contributed by atoms with E-state index in [-0.39, 0.29) is 32.0 Å². The first-order chi connectivity index (χ1) is 22.8. The van der Waals surface area contributed by atoms with E-state index in [0.717, 1.165) is 22.3 Å². The lowest BCUT2D eigenvalue weighted by Crippen LogP contribution is -2.69. The van der Waals surface area contributed by atoms with E-state index in [1.807, 2.05) is 84.9 Å². The number of fused-ring (bicyclic) bond motifs is 4. The summed E-state index contributed by atoms with van der Waals surface area (Å²) < 4.78 is 19.9. The average Bonchev–Trinajstić information content (AvgIpc) is 3.67. The van der Waals surface area contributed by atoms with Crippen molar-refractivity contribution in [3.63, 3.8) is 0 Å². The molecule has 47 heavy (non-hydrogen) atoms. The van der Waals surface area contributed by atoms with Gasteiger partial charge in [-0.05, 0) is 17.2 Å². The van der Waals surface area contributed by atoms with Crippen LogP contribution in [0.2, 0.25) is 0 Å². The topological polar surface area (TPSA) is 127 Å². The van der Waals surface area contributed by atoms with Crippen molar-refractivity contribution < 1.29 is 38.5 Å². The van der Waals surface area contributed by atoms with E-state index in [2.05, 4.69) is 5.32 Å². The smallest absolute Gasteiger partial charge is 0.327 e. The van der Waals surface area contributed by atoms with E-state index < -0.39 is 53.5 Å². The van der Waals surface area contributed by atoms with Crippen molar-refractivity contribution in [2.45, 2.75) is 49.2 Å². The number of hydroxylamine groups is 2. The first-order valence-corrected chi connectivity index (χ1v) is 15.7. The molecule has 3 saturated heterocycles. The van der Waals surface area contributed by atoms with E-state index in [0.29, 0.717) is 0 Å². The van der Waals surface area contributed by atoms with Gasteiger partial charge in [0.25, 0.3) is 0 Å². The molecule has 11 nitrogen and oxygen atoms in total. The molecule has 0 radical (unpaired) electrons. The van der Waals surface area contributed by atoms with Crippen LogP contribution >= 0.6 is 0 Å². The Morgan fingerprint density at radius 2 is 1.66 bits per heavy atom. The number of ether oxygens (including phenoxy) is 3. The predicted octanol–water partition coefficient (Wildman–Crippen LogP) is 2.38. The van der Waals surface area contributed by atoms with Gasteiger partial charge in [0, 0.05) is 44.3 Å². The highest BCUT2D eigenvalue weighted by atomic mass is 16.8. The molecule has 1 aliphatic carbocycles. The highest BCUT2D eigenvalue weighted by Crippen LogP contribution is 2.59. The molecule has 3 heterocycles. The van der Waals surface area contributed by atoms with Gasteiger partial charge in [0.1, 0.15) is 29.8 Å². The van der Waals surface area contributed by atoms with Gasteiger partial charge in [0.15, 0.2) is 6.04 Å². The van der Waals surface area contributed by atoms with E-state index in [1.165, 1.54) is 16.0 Å². The standard InChI is InChI=1S/C36H37N3O8/c1-38(2)28(41)17-16-23-10-9-11-24(20-23)22-39-31-33(42)44-27-21-35(31,34(43)37-18-19-40)32(47-39)30-29(27)45-36(46-30,25-12-5-3-6-13-25)26-14-7-4-8-15-26/h3-17,20,27,29-32,40H,18-19,21-22H2,1-2H3,(H,37,43). The van der Waals surface area contributed by atoms with Crippen LogP contribution in [0.3, 0.4) is 0 Å². The second-order valence-electron chi connectivity index (χ2n) is 12.5. The SMILES string of the molecule is CN(C)C(=O)C=Cc1cccc(CN2OC3C4OC(c5ccccc5)(c5ccccc5)OC4C4CC3(C(=O)NCCO)C2C(=O)O4)c1. The van der Waals surface area contributed by atoms with Crippen LogP contribution in [-0.2, 0) is 45.8 Å². The summed E-state index contributed by atoms with van der Waals surface area (Å²) in [4.78, 5) is 48.3. The van der Waals surface area contributed by atoms with Crippen LogP contribution in [0, 0.1) is 5.41 Å². The number of hydrogen-bond acceptors (Lipinski definition) is 9. The molecule has 3 aromatic carbocycles. The van der Waals surface area contributed by atoms with E-state index in [9.17, 15) is 19.5 Å². The number of esters is 1. The number of rotatable bonds is 9. The van der Waals surface area contributed by atoms with Gasteiger partial charge in [-0.3, -0.25) is 19.2 Å². The quantitative estimate of drug-likeness (QED) is 0.268. The summed E-state index contributed by atoms with van der Waals surface area (Å²) in [5.41, 5.74) is 1.72. The highest BCUT2D eigenvalue weighted by Gasteiger charge is 2.76. The molecular weight excluding hydrogens is 602 g/mol. The Morgan fingerprint density at radius 1 is 0.979 bits per heavy atom. The Kier molecular flexibility index (Phi) is 8.19. The van der Waals surface area contributed by atoms with Gasteiger partial charge in [0.05, 0.1) is 13.2 Å². The van der Waals surface area contributed by atoms with Crippen molar-refractivity contribution in [2.24, 2.45) is 5.41 Å². The molecule has 6 atom stereocenters. The van der Waals surface area contributed by atoms with E-state index in [4.69, 9.17) is 19.0 Å². The number of carbonyl (C=O) groups excluding carboxylic acids is 3. The molecule has 11 heteroatoms. The molecule has 3 aromatic rings. The number of amides is 2. The van der Waals surface area contributed by atoms with Crippen LogP contribution in [0.4, 0.5) is 0 Å². The molecule has 0 spiro atoms. The summed E-state index contributed by atoms with van der Waals surface area (Å²) in [6.45, 7) is -0.0910. The number of likely N-dealkylation sites (N-methyl/N-ethyl adjacent to an activating group) is 1. The van der Waals surface area contributed by atoms with Gasteiger partial charge in [-0.1, -0.05) is 84.9 Å². The second kappa shape index (κ2) is 12.3. The zero-order valence-electron chi connectivity index (χ0n) is 26.2. The normalized spacial score (nSPS) is 28.9. The Labute approximate surface area is 272 Å². The van der Waals surface area contributed by atoms with Crippen molar-refractivity contribution in [2.75, 3.05) is 27.2 Å². The van der Waals surface area contributed by atoms with E-state index in [1.54, 1.807) is 20.2 Å². The first kappa shape index (κ1) is 31.2. The third kappa shape index (κ3) is 5.24. The number of nitrogens with zero attached hydrogens (tertiary/aromatic N) is 2. The van der Waals surface area contributed by atoms with Gasteiger partial charge >= 0.3 is 5.97 Å². The van der Waals surface area contributed by atoms with Crippen LogP contribution < -0.4 is 5.32 Å². The zero-order valence-corrected chi connectivity index (χ0v) is 26.2. The lowest BCUT2D eigenvalue weighted by Gasteiger charge is -2.48. The summed E-state index contributed by atoms with van der Waals surface area (Å²) >= 11 is 0. The van der Waals surface area contributed by atoms with Gasteiger partial charge in [-0.15, -0.1) is 0 Å². The maximum absolute atomic E-state index is 14.2. The molecule has 2 N–H and O–H groups in total. The molecule has 2 bridgehead atoms. The average molecular weight is 640 g/mol. The molecule has 3 aliphatic heterocycles. The van der Waals surface area contributed by atoms with Crippen LogP contribution in [0.15, 0.2) is 91.0 Å². The van der Waals surface area contributed by atoms with Crippen LogP contribution in [0.1, 0.15) is 28.7 Å². The lowest BCUT2D eigenvalue weighted by atomic mass is 9.62. The fourth-order valence-corrected chi connectivity index (χ4v) is 7.31.